The first-order valence-corrected chi connectivity index (χ1v) is 8.75. The molecule has 4 N–H and O–H groups in total. The summed E-state index contributed by atoms with van der Waals surface area (Å²) in [7, 11) is 0. The number of aromatic amines is 1. The number of fused-ring (bicyclic) bond motifs is 1. The summed E-state index contributed by atoms with van der Waals surface area (Å²) in [5, 5.41) is 4.05. The number of allylic oxidation sites excluding steroid dienone is 2. The highest BCUT2D eigenvalue weighted by Crippen LogP contribution is 2.31. The van der Waals surface area contributed by atoms with Crippen molar-refractivity contribution in [2.45, 2.75) is 27.2 Å². The van der Waals surface area contributed by atoms with E-state index in [0.29, 0.717) is 16.5 Å². The number of aromatic nitrogens is 1. The quantitative estimate of drug-likeness (QED) is 0.730. The number of nitrogens with two attached hydrogens (primary N) is 1. The Bertz CT molecular complexity index is 964. The van der Waals surface area contributed by atoms with Crippen molar-refractivity contribution in [2.75, 3.05) is 13.1 Å². The molecule has 0 fully saturated rings. The molecule has 26 heavy (non-hydrogen) atoms. The van der Waals surface area contributed by atoms with Gasteiger partial charge < -0.3 is 16.0 Å². The van der Waals surface area contributed by atoms with E-state index in [-0.39, 0.29) is 5.56 Å². The maximum Gasteiger partial charge on any atom is 0.250 e. The highest BCUT2D eigenvalue weighted by Gasteiger charge is 2.18. The molecule has 1 aliphatic rings. The Morgan fingerprint density at radius 1 is 1.23 bits per heavy atom. The number of carbonyl (C=O) groups is 1. The van der Waals surface area contributed by atoms with Crippen LogP contribution in [0.25, 0.3) is 17.0 Å². The average molecular weight is 353 g/mol. The number of amides is 1. The SMILES string of the molecule is CC1=C(/C=C\C=C\c2c(F)cc(C(N)=O)c3[nH]c(C)c(C)c23)CNCC1. The fourth-order valence-electron chi connectivity index (χ4n) is 3.35. The first-order chi connectivity index (χ1) is 12.4. The van der Waals surface area contributed by atoms with E-state index in [1.165, 1.54) is 17.2 Å². The molecule has 0 atom stereocenters. The van der Waals surface area contributed by atoms with E-state index < -0.39 is 11.7 Å². The van der Waals surface area contributed by atoms with Gasteiger partial charge in [0.1, 0.15) is 5.82 Å². The van der Waals surface area contributed by atoms with E-state index in [1.54, 1.807) is 6.08 Å². The molecule has 1 aliphatic heterocycles. The fraction of sp³-hybridized carbons (Fsp3) is 0.286. The second kappa shape index (κ2) is 7.30. The topological polar surface area (TPSA) is 70.9 Å². The van der Waals surface area contributed by atoms with E-state index in [9.17, 15) is 9.18 Å². The van der Waals surface area contributed by atoms with Crippen molar-refractivity contribution >= 4 is 22.9 Å². The highest BCUT2D eigenvalue weighted by molar-refractivity contribution is 6.08. The number of rotatable bonds is 4. The van der Waals surface area contributed by atoms with Crippen molar-refractivity contribution in [3.63, 3.8) is 0 Å². The van der Waals surface area contributed by atoms with Gasteiger partial charge in [0.2, 0.25) is 0 Å². The van der Waals surface area contributed by atoms with E-state index in [1.807, 2.05) is 26.0 Å². The Morgan fingerprint density at radius 3 is 2.65 bits per heavy atom. The van der Waals surface area contributed by atoms with Crippen LogP contribution in [0.5, 0.6) is 0 Å². The molecule has 0 saturated carbocycles. The molecular formula is C21H24FN3O. The van der Waals surface area contributed by atoms with Crippen molar-refractivity contribution in [3.05, 3.63) is 63.6 Å². The number of H-pyrrole nitrogens is 1. The first kappa shape index (κ1) is 18.1. The normalized spacial score (nSPS) is 15.7. The number of halogens is 1. The van der Waals surface area contributed by atoms with Gasteiger partial charge in [-0.3, -0.25) is 4.79 Å². The zero-order chi connectivity index (χ0) is 18.8. The predicted octanol–water partition coefficient (Wildman–Crippen LogP) is 3.90. The lowest BCUT2D eigenvalue weighted by atomic mass is 10.00. The summed E-state index contributed by atoms with van der Waals surface area (Å²) in [4.78, 5) is 14.8. The number of hydrogen-bond donors (Lipinski definition) is 3. The van der Waals surface area contributed by atoms with Crippen LogP contribution in [0, 0.1) is 19.7 Å². The molecule has 1 aromatic heterocycles. The van der Waals surface area contributed by atoms with Crippen molar-refractivity contribution in [1.29, 1.82) is 0 Å². The first-order valence-electron chi connectivity index (χ1n) is 8.75. The number of primary amides is 1. The summed E-state index contributed by atoms with van der Waals surface area (Å²) in [6, 6.07) is 1.21. The van der Waals surface area contributed by atoms with Crippen molar-refractivity contribution in [3.8, 4) is 0 Å². The van der Waals surface area contributed by atoms with Gasteiger partial charge in [0, 0.05) is 23.2 Å². The molecule has 2 heterocycles. The van der Waals surface area contributed by atoms with Gasteiger partial charge in [-0.25, -0.2) is 4.39 Å². The molecule has 5 heteroatoms. The Labute approximate surface area is 152 Å². The molecule has 2 aromatic rings. The lowest BCUT2D eigenvalue weighted by Gasteiger charge is -2.15. The highest BCUT2D eigenvalue weighted by atomic mass is 19.1. The van der Waals surface area contributed by atoms with E-state index in [0.717, 1.165) is 30.8 Å². The minimum absolute atomic E-state index is 0.176. The zero-order valence-electron chi connectivity index (χ0n) is 15.4. The van der Waals surface area contributed by atoms with Gasteiger partial charge in [0.25, 0.3) is 5.91 Å². The van der Waals surface area contributed by atoms with Crippen LogP contribution < -0.4 is 11.1 Å². The number of carbonyl (C=O) groups excluding carboxylic acids is 1. The summed E-state index contributed by atoms with van der Waals surface area (Å²) in [6.45, 7) is 7.82. The summed E-state index contributed by atoms with van der Waals surface area (Å²) in [5.41, 5.74) is 11.1. The molecule has 0 bridgehead atoms. The number of benzene rings is 1. The summed E-state index contributed by atoms with van der Waals surface area (Å²) in [6.07, 6.45) is 8.60. The third kappa shape index (κ3) is 3.35. The van der Waals surface area contributed by atoms with Gasteiger partial charge in [0.15, 0.2) is 0 Å². The Hall–Kier alpha value is -2.66. The third-order valence-corrected chi connectivity index (χ3v) is 5.04. The second-order valence-corrected chi connectivity index (χ2v) is 6.76. The second-order valence-electron chi connectivity index (χ2n) is 6.76. The minimum atomic E-state index is -0.641. The minimum Gasteiger partial charge on any atom is -0.366 e. The van der Waals surface area contributed by atoms with Gasteiger partial charge in [-0.1, -0.05) is 29.9 Å². The van der Waals surface area contributed by atoms with Crippen LogP contribution in [0.15, 0.2) is 35.4 Å². The number of aryl methyl sites for hydroxylation is 2. The average Bonchev–Trinajstić information content (AvgIpc) is 2.89. The van der Waals surface area contributed by atoms with Crippen LogP contribution in [0.2, 0.25) is 0 Å². The number of nitrogens with one attached hydrogen (secondary N) is 2. The molecule has 4 nitrogen and oxygen atoms in total. The molecule has 0 spiro atoms. The van der Waals surface area contributed by atoms with E-state index in [4.69, 9.17) is 5.73 Å². The maximum atomic E-state index is 14.7. The number of hydrogen-bond acceptors (Lipinski definition) is 2. The smallest absolute Gasteiger partial charge is 0.250 e. The summed E-state index contributed by atoms with van der Waals surface area (Å²) >= 11 is 0. The third-order valence-electron chi connectivity index (χ3n) is 5.04. The van der Waals surface area contributed by atoms with Crippen LogP contribution in [-0.2, 0) is 0 Å². The van der Waals surface area contributed by atoms with E-state index in [2.05, 4.69) is 23.3 Å². The predicted molar refractivity (Wildman–Crippen MR) is 105 cm³/mol. The molecule has 136 valence electrons. The monoisotopic (exact) mass is 353 g/mol. The zero-order valence-corrected chi connectivity index (χ0v) is 15.4. The summed E-state index contributed by atoms with van der Waals surface area (Å²) in [5.74, 6) is -1.09. The van der Waals surface area contributed by atoms with Crippen molar-refractivity contribution in [2.24, 2.45) is 5.73 Å². The molecule has 1 aromatic carbocycles. The van der Waals surface area contributed by atoms with Crippen LogP contribution in [0.4, 0.5) is 4.39 Å². The Kier molecular flexibility index (Phi) is 5.09. The van der Waals surface area contributed by atoms with Crippen molar-refractivity contribution < 1.29 is 9.18 Å². The van der Waals surface area contributed by atoms with Gasteiger partial charge >= 0.3 is 0 Å². The molecule has 0 aliphatic carbocycles. The lowest BCUT2D eigenvalue weighted by molar-refractivity contribution is 0.100. The molecular weight excluding hydrogens is 329 g/mol. The van der Waals surface area contributed by atoms with Gasteiger partial charge in [0.05, 0.1) is 11.1 Å². The largest absolute Gasteiger partial charge is 0.366 e. The van der Waals surface area contributed by atoms with Crippen LogP contribution in [0.1, 0.15) is 40.5 Å². The Morgan fingerprint density at radius 2 is 1.96 bits per heavy atom. The molecule has 0 saturated heterocycles. The lowest BCUT2D eigenvalue weighted by Crippen LogP contribution is -2.23. The van der Waals surface area contributed by atoms with Gasteiger partial charge in [-0.2, -0.15) is 0 Å². The molecule has 1 amide bonds. The molecule has 0 radical (unpaired) electrons. The maximum absolute atomic E-state index is 14.7. The van der Waals surface area contributed by atoms with Crippen LogP contribution in [-0.4, -0.2) is 24.0 Å². The van der Waals surface area contributed by atoms with E-state index >= 15 is 0 Å². The molecule has 3 rings (SSSR count). The standard InChI is InChI=1S/C21H24FN3O/c1-12-8-9-24-11-15(12)6-4-5-7-16-18(22)10-17(21(23)26)20-19(16)13(2)14(3)25-20/h4-7,10,24-25H,8-9,11H2,1-3H3,(H2,23,26)/b6-4-,7-5+. The van der Waals surface area contributed by atoms with Gasteiger partial charge in [-0.15, -0.1) is 0 Å². The summed E-state index contributed by atoms with van der Waals surface area (Å²) < 4.78 is 14.7. The van der Waals surface area contributed by atoms with Gasteiger partial charge in [-0.05, 0) is 50.9 Å². The fourth-order valence-corrected chi connectivity index (χ4v) is 3.35. The molecule has 0 unspecified atom stereocenters. The van der Waals surface area contributed by atoms with Crippen molar-refractivity contribution in [1.82, 2.24) is 10.3 Å². The Balaban J connectivity index is 2.01. The van der Waals surface area contributed by atoms with Crippen LogP contribution >= 0.6 is 0 Å². The van der Waals surface area contributed by atoms with Crippen LogP contribution in [0.3, 0.4) is 0 Å².